The van der Waals surface area contributed by atoms with Crippen molar-refractivity contribution in [3.63, 3.8) is 0 Å². The molecule has 0 saturated heterocycles. The maximum atomic E-state index is 13.0. The van der Waals surface area contributed by atoms with Crippen molar-refractivity contribution in [2.75, 3.05) is 18.6 Å². The molecule has 0 radical (unpaired) electrons. The van der Waals surface area contributed by atoms with Crippen LogP contribution < -0.4 is 27.4 Å². The zero-order chi connectivity index (χ0) is 27.7. The maximum absolute atomic E-state index is 13.0. The van der Waals surface area contributed by atoms with Crippen LogP contribution in [-0.2, 0) is 28.8 Å². The fraction of sp³-hybridized carbons (Fsp3) is 0.714. The largest absolute Gasteiger partial charge is 0.481 e. The molecule has 3 amide bonds. The summed E-state index contributed by atoms with van der Waals surface area (Å²) in [6.07, 6.45) is 1.80. The molecule has 0 bridgehead atoms. The van der Waals surface area contributed by atoms with E-state index in [2.05, 4.69) is 16.0 Å². The summed E-state index contributed by atoms with van der Waals surface area (Å²) in [5, 5.41) is 34.2. The quantitative estimate of drug-likeness (QED) is 0.0826. The number of carboxylic acid groups (broad SMARTS) is 3. The van der Waals surface area contributed by atoms with Crippen molar-refractivity contribution in [3.8, 4) is 0 Å². The first kappa shape index (κ1) is 33.1. The van der Waals surface area contributed by atoms with Gasteiger partial charge in [0.15, 0.2) is 0 Å². The number of hydrogen-bond acceptors (Lipinski definition) is 9. The third-order valence-electron chi connectivity index (χ3n) is 5.09. The summed E-state index contributed by atoms with van der Waals surface area (Å²) in [5.74, 6) is -5.53. The first-order chi connectivity index (χ1) is 16.9. The van der Waals surface area contributed by atoms with Crippen LogP contribution in [0.3, 0.4) is 0 Å². The molecule has 4 unspecified atom stereocenters. The lowest BCUT2D eigenvalue weighted by molar-refractivity contribution is -0.143. The van der Waals surface area contributed by atoms with Gasteiger partial charge >= 0.3 is 17.9 Å². The molecule has 0 aromatic rings. The summed E-state index contributed by atoms with van der Waals surface area (Å²) in [5.41, 5.74) is 11.2. The van der Waals surface area contributed by atoms with E-state index in [1.165, 1.54) is 11.8 Å². The number of aliphatic carboxylic acids is 3. The van der Waals surface area contributed by atoms with Crippen LogP contribution in [0.5, 0.6) is 0 Å². The first-order valence-corrected chi connectivity index (χ1v) is 12.8. The molecular formula is C21H37N5O9S. The molecule has 0 aromatic carbocycles. The third kappa shape index (κ3) is 14.5. The van der Waals surface area contributed by atoms with E-state index in [-0.39, 0.29) is 32.1 Å². The Morgan fingerprint density at radius 3 is 1.72 bits per heavy atom. The average Bonchev–Trinajstić information content (AvgIpc) is 2.81. The molecule has 206 valence electrons. The fourth-order valence-electron chi connectivity index (χ4n) is 3.02. The van der Waals surface area contributed by atoms with Gasteiger partial charge in [-0.05, 0) is 57.1 Å². The van der Waals surface area contributed by atoms with Gasteiger partial charge in [0.1, 0.15) is 18.1 Å². The Labute approximate surface area is 213 Å². The second-order valence-corrected chi connectivity index (χ2v) is 9.04. The van der Waals surface area contributed by atoms with Gasteiger partial charge in [0.05, 0.1) is 6.04 Å². The lowest BCUT2D eigenvalue weighted by atomic mass is 10.1. The summed E-state index contributed by atoms with van der Waals surface area (Å²) in [6.45, 7) is 0.333. The number of carbonyl (C=O) groups excluding carboxylic acids is 3. The van der Waals surface area contributed by atoms with Crippen molar-refractivity contribution in [3.05, 3.63) is 0 Å². The van der Waals surface area contributed by atoms with Crippen molar-refractivity contribution in [1.82, 2.24) is 16.0 Å². The van der Waals surface area contributed by atoms with Gasteiger partial charge in [-0.25, -0.2) is 4.79 Å². The third-order valence-corrected chi connectivity index (χ3v) is 5.73. The Kier molecular flexibility index (Phi) is 16.9. The molecule has 0 aliphatic carbocycles. The monoisotopic (exact) mass is 535 g/mol. The molecule has 14 nitrogen and oxygen atoms in total. The Morgan fingerprint density at radius 1 is 0.722 bits per heavy atom. The van der Waals surface area contributed by atoms with Crippen LogP contribution in [0.25, 0.3) is 0 Å². The highest BCUT2D eigenvalue weighted by Gasteiger charge is 2.30. The van der Waals surface area contributed by atoms with Gasteiger partial charge in [0.25, 0.3) is 0 Å². The normalized spacial score (nSPS) is 14.1. The summed E-state index contributed by atoms with van der Waals surface area (Å²) >= 11 is 1.41. The van der Waals surface area contributed by atoms with Crippen molar-refractivity contribution in [2.24, 2.45) is 11.5 Å². The van der Waals surface area contributed by atoms with Crippen LogP contribution in [0.2, 0.25) is 0 Å². The highest BCUT2D eigenvalue weighted by atomic mass is 32.2. The Balaban J connectivity index is 5.47. The van der Waals surface area contributed by atoms with E-state index in [1.807, 2.05) is 0 Å². The van der Waals surface area contributed by atoms with Crippen molar-refractivity contribution in [2.45, 2.75) is 75.5 Å². The van der Waals surface area contributed by atoms with E-state index in [1.54, 1.807) is 6.26 Å². The zero-order valence-corrected chi connectivity index (χ0v) is 21.1. The van der Waals surface area contributed by atoms with Gasteiger partial charge in [-0.15, -0.1) is 0 Å². The number of thioether (sulfide) groups is 1. The number of amides is 3. The minimum absolute atomic E-state index is 0.126. The predicted octanol–water partition coefficient (Wildman–Crippen LogP) is -1.54. The standard InChI is InChI=1S/C21H37N5O9S/c1-36-11-9-14(24-18(31)12(23)5-7-16(27)28)20(33)25-13(4-2-3-10-22)19(32)26-15(21(34)35)6-8-17(29)30/h12-15H,2-11,22-23H2,1H3,(H,24,31)(H,25,33)(H,26,32)(H,27,28)(H,29,30)(H,34,35). The van der Waals surface area contributed by atoms with Crippen molar-refractivity contribution < 1.29 is 44.1 Å². The van der Waals surface area contributed by atoms with E-state index >= 15 is 0 Å². The molecule has 0 heterocycles. The van der Waals surface area contributed by atoms with E-state index in [9.17, 15) is 33.9 Å². The lowest BCUT2D eigenvalue weighted by Crippen LogP contribution is -2.57. The first-order valence-electron chi connectivity index (χ1n) is 11.4. The molecule has 0 aromatic heterocycles. The molecule has 0 aliphatic heterocycles. The highest BCUT2D eigenvalue weighted by molar-refractivity contribution is 7.98. The number of nitrogens with one attached hydrogen (secondary N) is 3. The number of carbonyl (C=O) groups is 6. The summed E-state index contributed by atoms with van der Waals surface area (Å²) in [6, 6.07) is -4.86. The maximum Gasteiger partial charge on any atom is 0.326 e. The van der Waals surface area contributed by atoms with Crippen LogP contribution in [0.1, 0.15) is 51.4 Å². The van der Waals surface area contributed by atoms with Gasteiger partial charge in [0, 0.05) is 12.8 Å². The van der Waals surface area contributed by atoms with Crippen molar-refractivity contribution >= 4 is 47.4 Å². The van der Waals surface area contributed by atoms with E-state index in [0.717, 1.165) is 0 Å². The van der Waals surface area contributed by atoms with Gasteiger partial charge in [-0.3, -0.25) is 24.0 Å². The van der Waals surface area contributed by atoms with Crippen molar-refractivity contribution in [1.29, 1.82) is 0 Å². The molecular weight excluding hydrogens is 498 g/mol. The number of rotatable bonds is 20. The van der Waals surface area contributed by atoms with Crippen LogP contribution in [0.4, 0.5) is 0 Å². The molecule has 4 atom stereocenters. The zero-order valence-electron chi connectivity index (χ0n) is 20.2. The topological polar surface area (TPSA) is 251 Å². The Morgan fingerprint density at radius 2 is 1.22 bits per heavy atom. The average molecular weight is 536 g/mol. The summed E-state index contributed by atoms with van der Waals surface area (Å²) < 4.78 is 0. The minimum atomic E-state index is -1.47. The van der Waals surface area contributed by atoms with Crippen LogP contribution in [0.15, 0.2) is 0 Å². The van der Waals surface area contributed by atoms with Gasteiger partial charge < -0.3 is 42.7 Å². The molecule has 15 heteroatoms. The summed E-state index contributed by atoms with van der Waals surface area (Å²) in [7, 11) is 0. The fourth-order valence-corrected chi connectivity index (χ4v) is 3.50. The van der Waals surface area contributed by atoms with E-state index in [4.69, 9.17) is 21.7 Å². The minimum Gasteiger partial charge on any atom is -0.481 e. The van der Waals surface area contributed by atoms with Crippen LogP contribution in [-0.4, -0.2) is 93.7 Å². The van der Waals surface area contributed by atoms with Gasteiger partial charge in [0.2, 0.25) is 17.7 Å². The molecule has 0 saturated carbocycles. The lowest BCUT2D eigenvalue weighted by Gasteiger charge is -2.25. The number of carboxylic acids is 3. The van der Waals surface area contributed by atoms with Crippen LogP contribution in [0, 0.1) is 0 Å². The van der Waals surface area contributed by atoms with E-state index < -0.39 is 66.2 Å². The predicted molar refractivity (Wildman–Crippen MR) is 131 cm³/mol. The Hall–Kier alpha value is -2.91. The number of unbranched alkanes of at least 4 members (excludes halogenated alkanes) is 1. The smallest absolute Gasteiger partial charge is 0.326 e. The van der Waals surface area contributed by atoms with E-state index in [0.29, 0.717) is 25.1 Å². The molecule has 10 N–H and O–H groups in total. The highest BCUT2D eigenvalue weighted by Crippen LogP contribution is 2.07. The van der Waals surface area contributed by atoms with Gasteiger partial charge in [-0.2, -0.15) is 11.8 Å². The Bertz CT molecular complexity index is 768. The SMILES string of the molecule is CSCCC(NC(=O)C(N)CCC(=O)O)C(=O)NC(CCCCN)C(=O)NC(CCC(=O)O)C(=O)O. The molecule has 0 fully saturated rings. The summed E-state index contributed by atoms with van der Waals surface area (Å²) in [4.78, 5) is 71.1. The number of nitrogens with two attached hydrogens (primary N) is 2. The second-order valence-electron chi connectivity index (χ2n) is 8.06. The second kappa shape index (κ2) is 18.4. The van der Waals surface area contributed by atoms with Crippen LogP contribution >= 0.6 is 11.8 Å². The molecule has 36 heavy (non-hydrogen) atoms. The number of hydrogen-bond donors (Lipinski definition) is 8. The molecule has 0 rings (SSSR count). The van der Waals surface area contributed by atoms with Gasteiger partial charge in [-0.1, -0.05) is 0 Å². The molecule has 0 spiro atoms. The molecule has 0 aliphatic rings.